The van der Waals surface area contributed by atoms with Crippen molar-refractivity contribution in [2.75, 3.05) is 5.32 Å². The molecule has 3 rings (SSSR count). The molecule has 0 aliphatic rings. The number of hydrogen-bond acceptors (Lipinski definition) is 3. The molecule has 0 aliphatic carbocycles. The lowest BCUT2D eigenvalue weighted by molar-refractivity contribution is -0.274. The Morgan fingerprint density at radius 2 is 1.79 bits per heavy atom. The lowest BCUT2D eigenvalue weighted by Crippen LogP contribution is -2.17. The molecule has 1 heterocycles. The summed E-state index contributed by atoms with van der Waals surface area (Å²) >= 11 is 0. The number of carbonyl (C=O) groups excluding carboxylic acids is 1. The van der Waals surface area contributed by atoms with Gasteiger partial charge >= 0.3 is 6.36 Å². The molecule has 0 saturated heterocycles. The highest BCUT2D eigenvalue weighted by Gasteiger charge is 2.30. The Bertz CT molecular complexity index is 877. The fourth-order valence-electron chi connectivity index (χ4n) is 2.15. The number of nitrogens with one attached hydrogen (secondary N) is 1. The number of alkyl halides is 3. The molecule has 0 aliphatic heterocycles. The molecular formula is C17H11F3N2O2. The Morgan fingerprint density at radius 1 is 1.04 bits per heavy atom. The first kappa shape index (κ1) is 15.8. The second kappa shape index (κ2) is 6.19. The van der Waals surface area contributed by atoms with E-state index < -0.39 is 6.36 Å². The Morgan fingerprint density at radius 3 is 2.50 bits per heavy atom. The van der Waals surface area contributed by atoms with E-state index in [1.165, 1.54) is 12.1 Å². The van der Waals surface area contributed by atoms with Crippen molar-refractivity contribution in [1.29, 1.82) is 0 Å². The minimum atomic E-state index is -4.75. The number of fused-ring (bicyclic) bond motifs is 1. The zero-order valence-electron chi connectivity index (χ0n) is 12.2. The summed E-state index contributed by atoms with van der Waals surface area (Å²) in [7, 11) is 0. The second-order valence-electron chi connectivity index (χ2n) is 4.94. The zero-order chi connectivity index (χ0) is 17.2. The van der Waals surface area contributed by atoms with Gasteiger partial charge in [-0.05, 0) is 42.5 Å². The van der Waals surface area contributed by atoms with Gasteiger partial charge in [-0.1, -0.05) is 12.1 Å². The van der Waals surface area contributed by atoms with Gasteiger partial charge < -0.3 is 10.1 Å². The minimum absolute atomic E-state index is 0.351. The largest absolute Gasteiger partial charge is 0.573 e. The summed E-state index contributed by atoms with van der Waals surface area (Å²) in [6.07, 6.45) is -3.12. The van der Waals surface area contributed by atoms with E-state index in [4.69, 9.17) is 0 Å². The molecule has 0 atom stereocenters. The van der Waals surface area contributed by atoms with Crippen molar-refractivity contribution in [2.24, 2.45) is 0 Å². The summed E-state index contributed by atoms with van der Waals surface area (Å²) in [6.45, 7) is 0. The van der Waals surface area contributed by atoms with Crippen LogP contribution in [0, 0.1) is 0 Å². The van der Waals surface area contributed by atoms with Gasteiger partial charge in [-0.15, -0.1) is 13.2 Å². The number of anilines is 1. The summed E-state index contributed by atoms with van der Waals surface area (Å²) in [5.41, 5.74) is 1.44. The summed E-state index contributed by atoms with van der Waals surface area (Å²) < 4.78 is 40.1. The first-order valence-corrected chi connectivity index (χ1v) is 6.93. The van der Waals surface area contributed by atoms with Gasteiger partial charge in [0.25, 0.3) is 5.91 Å². The van der Waals surface area contributed by atoms with Gasteiger partial charge in [-0.3, -0.25) is 9.78 Å². The van der Waals surface area contributed by atoms with Crippen LogP contribution in [0.2, 0.25) is 0 Å². The van der Waals surface area contributed by atoms with Crippen molar-refractivity contribution in [3.63, 3.8) is 0 Å². The van der Waals surface area contributed by atoms with Gasteiger partial charge in [0.05, 0.1) is 5.52 Å². The Kier molecular flexibility index (Phi) is 4.07. The Balaban J connectivity index is 1.73. The van der Waals surface area contributed by atoms with Crippen molar-refractivity contribution in [3.05, 3.63) is 66.4 Å². The van der Waals surface area contributed by atoms with Crippen molar-refractivity contribution < 1.29 is 22.7 Å². The molecule has 3 aromatic rings. The van der Waals surface area contributed by atoms with Crippen LogP contribution in [0.5, 0.6) is 5.75 Å². The molecule has 0 spiro atoms. The van der Waals surface area contributed by atoms with E-state index >= 15 is 0 Å². The van der Waals surface area contributed by atoms with Crippen LogP contribution in [-0.4, -0.2) is 17.3 Å². The summed E-state index contributed by atoms with van der Waals surface area (Å²) in [5.74, 6) is -0.734. The van der Waals surface area contributed by atoms with E-state index in [1.54, 1.807) is 30.5 Å². The number of rotatable bonds is 3. The van der Waals surface area contributed by atoms with E-state index in [9.17, 15) is 18.0 Å². The first-order chi connectivity index (χ1) is 11.4. The van der Waals surface area contributed by atoms with Crippen LogP contribution in [0.3, 0.4) is 0 Å². The van der Waals surface area contributed by atoms with Crippen molar-refractivity contribution in [1.82, 2.24) is 4.98 Å². The molecule has 0 radical (unpaired) electrons. The zero-order valence-corrected chi connectivity index (χ0v) is 12.2. The smallest absolute Gasteiger partial charge is 0.406 e. The van der Waals surface area contributed by atoms with Gasteiger partial charge in [-0.2, -0.15) is 0 Å². The molecule has 122 valence electrons. The van der Waals surface area contributed by atoms with Crippen molar-refractivity contribution in [2.45, 2.75) is 6.36 Å². The molecule has 0 unspecified atom stereocenters. The molecule has 0 fully saturated rings. The monoisotopic (exact) mass is 332 g/mol. The van der Waals surface area contributed by atoms with Crippen LogP contribution < -0.4 is 10.1 Å². The number of hydrogen-bond donors (Lipinski definition) is 1. The summed E-state index contributed by atoms with van der Waals surface area (Å²) in [6, 6.07) is 13.7. The summed E-state index contributed by atoms with van der Waals surface area (Å²) in [4.78, 5) is 16.4. The van der Waals surface area contributed by atoms with Gasteiger partial charge in [0, 0.05) is 22.8 Å². The Hall–Kier alpha value is -3.09. The Labute approximate surface area is 134 Å². The van der Waals surface area contributed by atoms with E-state index in [0.29, 0.717) is 16.8 Å². The maximum Gasteiger partial charge on any atom is 0.573 e. The number of halogens is 3. The molecule has 1 aromatic heterocycles. The molecule has 7 heteroatoms. The maximum atomic E-state index is 12.2. The third kappa shape index (κ3) is 3.81. The van der Waals surface area contributed by atoms with Crippen LogP contribution in [0.25, 0.3) is 10.9 Å². The SMILES string of the molecule is O=C(Nc1ccc(OC(F)(F)F)cc1)c1ccc2cccnc2c1. The van der Waals surface area contributed by atoms with E-state index in [1.807, 2.05) is 6.07 Å². The molecule has 24 heavy (non-hydrogen) atoms. The predicted octanol–water partition coefficient (Wildman–Crippen LogP) is 4.39. The number of ether oxygens (including phenoxy) is 1. The standard InChI is InChI=1S/C17H11F3N2O2/c18-17(19,20)24-14-7-5-13(6-8-14)22-16(23)12-4-3-11-2-1-9-21-15(11)10-12/h1-10H,(H,22,23). The third-order valence-electron chi connectivity index (χ3n) is 3.21. The average molecular weight is 332 g/mol. The number of amides is 1. The van der Waals surface area contributed by atoms with Crippen LogP contribution in [-0.2, 0) is 0 Å². The lowest BCUT2D eigenvalue weighted by Gasteiger charge is -2.10. The van der Waals surface area contributed by atoms with Crippen LogP contribution in [0.1, 0.15) is 10.4 Å². The molecule has 1 amide bonds. The summed E-state index contributed by atoms with van der Waals surface area (Å²) in [5, 5.41) is 3.51. The van der Waals surface area contributed by atoms with Gasteiger partial charge in [0.15, 0.2) is 0 Å². The fraction of sp³-hybridized carbons (Fsp3) is 0.0588. The molecule has 0 saturated carbocycles. The predicted molar refractivity (Wildman–Crippen MR) is 82.8 cm³/mol. The van der Waals surface area contributed by atoms with Crippen molar-refractivity contribution >= 4 is 22.5 Å². The number of pyridine rings is 1. The van der Waals surface area contributed by atoms with Crippen LogP contribution >= 0.6 is 0 Å². The molecule has 0 bridgehead atoms. The van der Waals surface area contributed by atoms with E-state index in [-0.39, 0.29) is 11.7 Å². The maximum absolute atomic E-state index is 12.2. The van der Waals surface area contributed by atoms with Gasteiger partial charge in [0.2, 0.25) is 0 Å². The quantitative estimate of drug-likeness (QED) is 0.774. The molecule has 2 aromatic carbocycles. The molecule has 1 N–H and O–H groups in total. The number of nitrogens with zero attached hydrogens (tertiary/aromatic N) is 1. The average Bonchev–Trinajstić information content (AvgIpc) is 2.55. The second-order valence-corrected chi connectivity index (χ2v) is 4.94. The minimum Gasteiger partial charge on any atom is -0.406 e. The third-order valence-corrected chi connectivity index (χ3v) is 3.21. The first-order valence-electron chi connectivity index (χ1n) is 6.93. The highest BCUT2D eigenvalue weighted by Crippen LogP contribution is 2.24. The normalized spacial score (nSPS) is 11.3. The highest BCUT2D eigenvalue weighted by molar-refractivity contribution is 6.06. The highest BCUT2D eigenvalue weighted by atomic mass is 19.4. The number of benzene rings is 2. The number of carbonyl (C=O) groups is 1. The molecule has 4 nitrogen and oxygen atoms in total. The molecular weight excluding hydrogens is 321 g/mol. The topological polar surface area (TPSA) is 51.2 Å². The van der Waals surface area contributed by atoms with Crippen LogP contribution in [0.4, 0.5) is 18.9 Å². The number of aromatic nitrogens is 1. The van der Waals surface area contributed by atoms with Crippen molar-refractivity contribution in [3.8, 4) is 5.75 Å². The van der Waals surface area contributed by atoms with Gasteiger partial charge in [0.1, 0.15) is 5.75 Å². The fourth-order valence-corrected chi connectivity index (χ4v) is 2.15. The van der Waals surface area contributed by atoms with E-state index in [2.05, 4.69) is 15.0 Å². The van der Waals surface area contributed by atoms with Crippen LogP contribution in [0.15, 0.2) is 60.8 Å². The van der Waals surface area contributed by atoms with Gasteiger partial charge in [-0.25, -0.2) is 0 Å². The van der Waals surface area contributed by atoms with E-state index in [0.717, 1.165) is 17.5 Å². The lowest BCUT2D eigenvalue weighted by atomic mass is 10.1.